The summed E-state index contributed by atoms with van der Waals surface area (Å²) in [6.07, 6.45) is 3.84. The molecule has 0 amide bonds. The van der Waals surface area contributed by atoms with Crippen molar-refractivity contribution in [1.82, 2.24) is 0 Å². The molecule has 0 heterocycles. The lowest BCUT2D eigenvalue weighted by Crippen LogP contribution is -2.46. The highest BCUT2D eigenvalue weighted by molar-refractivity contribution is 5.79. The molecular weight excluding hydrogens is 218 g/mol. The van der Waals surface area contributed by atoms with Gasteiger partial charge in [0.15, 0.2) is 0 Å². The Hall–Kier alpha value is -0.610. The maximum atomic E-state index is 11.5. The average Bonchev–Trinajstić information content (AvgIpc) is 2.25. The van der Waals surface area contributed by atoms with E-state index in [-0.39, 0.29) is 12.1 Å². The number of hydrogen-bond acceptors (Lipinski definition) is 4. The molecular formula is C13H27NO3. The van der Waals surface area contributed by atoms with Crippen LogP contribution in [-0.2, 0) is 14.3 Å². The molecule has 0 bridgehead atoms. The Morgan fingerprint density at radius 2 is 2.06 bits per heavy atom. The molecule has 0 saturated heterocycles. The summed E-state index contributed by atoms with van der Waals surface area (Å²) in [4.78, 5) is 11.5. The van der Waals surface area contributed by atoms with Gasteiger partial charge in [0.2, 0.25) is 0 Å². The molecule has 0 saturated carbocycles. The third kappa shape index (κ3) is 7.34. The van der Waals surface area contributed by atoms with Crippen LogP contribution in [0.15, 0.2) is 0 Å². The minimum absolute atomic E-state index is 0.284. The molecule has 0 radical (unpaired) electrons. The summed E-state index contributed by atoms with van der Waals surface area (Å²) in [5, 5.41) is 0. The molecule has 0 aromatic carbocycles. The third-order valence-corrected chi connectivity index (χ3v) is 2.68. The van der Waals surface area contributed by atoms with Crippen molar-refractivity contribution in [2.24, 2.45) is 5.73 Å². The molecule has 0 aliphatic heterocycles. The van der Waals surface area contributed by atoms with Crippen molar-refractivity contribution < 1.29 is 14.3 Å². The number of carbonyl (C=O) groups excluding carboxylic acids is 1. The Morgan fingerprint density at radius 3 is 2.59 bits per heavy atom. The van der Waals surface area contributed by atoms with Crippen molar-refractivity contribution in [3.05, 3.63) is 0 Å². The van der Waals surface area contributed by atoms with Crippen molar-refractivity contribution in [2.75, 3.05) is 13.2 Å². The Balaban J connectivity index is 3.75. The maximum absolute atomic E-state index is 11.5. The fourth-order valence-corrected chi connectivity index (χ4v) is 1.61. The van der Waals surface area contributed by atoms with E-state index in [9.17, 15) is 4.79 Å². The monoisotopic (exact) mass is 245 g/mol. The van der Waals surface area contributed by atoms with E-state index in [2.05, 4.69) is 13.8 Å². The van der Waals surface area contributed by atoms with Gasteiger partial charge in [-0.2, -0.15) is 0 Å². The first-order valence-electron chi connectivity index (χ1n) is 6.51. The summed E-state index contributed by atoms with van der Waals surface area (Å²) in [7, 11) is 0. The van der Waals surface area contributed by atoms with Crippen molar-refractivity contribution in [3.8, 4) is 0 Å². The van der Waals surface area contributed by atoms with Crippen LogP contribution < -0.4 is 5.73 Å². The lowest BCUT2D eigenvalue weighted by molar-refractivity contribution is -0.149. The van der Waals surface area contributed by atoms with Gasteiger partial charge in [0.1, 0.15) is 5.54 Å². The van der Waals surface area contributed by atoms with Crippen LogP contribution in [0, 0.1) is 0 Å². The van der Waals surface area contributed by atoms with Crippen LogP contribution in [0.3, 0.4) is 0 Å². The summed E-state index contributed by atoms with van der Waals surface area (Å²) in [6, 6.07) is 0. The van der Waals surface area contributed by atoms with Gasteiger partial charge in [-0.25, -0.2) is 0 Å². The van der Waals surface area contributed by atoms with E-state index in [1.807, 2.05) is 0 Å². The van der Waals surface area contributed by atoms with Crippen LogP contribution in [0.4, 0.5) is 0 Å². The molecule has 2 N–H and O–H groups in total. The van der Waals surface area contributed by atoms with E-state index < -0.39 is 5.54 Å². The topological polar surface area (TPSA) is 61.5 Å². The third-order valence-electron chi connectivity index (χ3n) is 2.68. The second kappa shape index (κ2) is 8.48. The molecule has 0 rings (SSSR count). The van der Waals surface area contributed by atoms with E-state index >= 15 is 0 Å². The molecule has 2 unspecified atom stereocenters. The van der Waals surface area contributed by atoms with Gasteiger partial charge in [-0.05, 0) is 40.0 Å². The van der Waals surface area contributed by atoms with Crippen LogP contribution in [0.25, 0.3) is 0 Å². The minimum atomic E-state index is -0.895. The number of esters is 1. The maximum Gasteiger partial charge on any atom is 0.325 e. The van der Waals surface area contributed by atoms with Crippen molar-refractivity contribution >= 4 is 5.97 Å². The van der Waals surface area contributed by atoms with E-state index in [1.54, 1.807) is 13.8 Å². The molecule has 17 heavy (non-hydrogen) atoms. The predicted molar refractivity (Wildman–Crippen MR) is 68.8 cm³/mol. The first kappa shape index (κ1) is 16.4. The number of hydrogen-bond donors (Lipinski definition) is 1. The van der Waals surface area contributed by atoms with Crippen LogP contribution in [-0.4, -0.2) is 30.8 Å². The molecule has 4 heteroatoms. The molecule has 0 spiro atoms. The second-order valence-electron chi connectivity index (χ2n) is 4.71. The first-order chi connectivity index (χ1) is 7.94. The lowest BCUT2D eigenvalue weighted by atomic mass is 9.98. The Morgan fingerprint density at radius 1 is 1.41 bits per heavy atom. The molecule has 2 atom stereocenters. The van der Waals surface area contributed by atoms with Gasteiger partial charge < -0.3 is 15.2 Å². The van der Waals surface area contributed by atoms with Crippen molar-refractivity contribution in [2.45, 2.75) is 65.0 Å². The highest BCUT2D eigenvalue weighted by Gasteiger charge is 2.29. The van der Waals surface area contributed by atoms with Gasteiger partial charge in [-0.1, -0.05) is 13.3 Å². The molecule has 0 aliphatic carbocycles. The van der Waals surface area contributed by atoms with Crippen LogP contribution in [0.1, 0.15) is 53.4 Å². The molecule has 102 valence electrons. The molecule has 0 aliphatic rings. The summed E-state index contributed by atoms with van der Waals surface area (Å²) >= 11 is 0. The van der Waals surface area contributed by atoms with Crippen LogP contribution in [0.5, 0.6) is 0 Å². The summed E-state index contributed by atoms with van der Waals surface area (Å²) < 4.78 is 10.5. The van der Waals surface area contributed by atoms with Gasteiger partial charge in [-0.15, -0.1) is 0 Å². The fraction of sp³-hybridized carbons (Fsp3) is 0.923. The van der Waals surface area contributed by atoms with Gasteiger partial charge in [0, 0.05) is 6.61 Å². The Kier molecular flexibility index (Phi) is 8.17. The lowest BCUT2D eigenvalue weighted by Gasteiger charge is -2.22. The normalized spacial score (nSPS) is 16.3. The zero-order chi connectivity index (χ0) is 13.3. The quantitative estimate of drug-likeness (QED) is 0.500. The molecule has 4 nitrogen and oxygen atoms in total. The Labute approximate surface area is 105 Å². The number of carbonyl (C=O) groups is 1. The van der Waals surface area contributed by atoms with Gasteiger partial charge in [-0.3, -0.25) is 4.79 Å². The van der Waals surface area contributed by atoms with Gasteiger partial charge >= 0.3 is 5.97 Å². The first-order valence-corrected chi connectivity index (χ1v) is 6.51. The second-order valence-corrected chi connectivity index (χ2v) is 4.71. The van der Waals surface area contributed by atoms with Crippen LogP contribution >= 0.6 is 0 Å². The van der Waals surface area contributed by atoms with E-state index in [4.69, 9.17) is 15.2 Å². The number of rotatable bonds is 9. The van der Waals surface area contributed by atoms with E-state index in [1.165, 1.54) is 0 Å². The number of nitrogens with two attached hydrogens (primary N) is 1. The average molecular weight is 245 g/mol. The smallest absolute Gasteiger partial charge is 0.325 e. The standard InChI is InChI=1S/C13H27NO3/c1-5-8-11(3)17-10-7-9-13(4,14)12(15)16-6-2/h11H,5-10,14H2,1-4H3. The highest BCUT2D eigenvalue weighted by atomic mass is 16.5. The van der Waals surface area contributed by atoms with E-state index in [0.717, 1.165) is 19.3 Å². The van der Waals surface area contributed by atoms with Crippen molar-refractivity contribution in [3.63, 3.8) is 0 Å². The zero-order valence-electron chi connectivity index (χ0n) is 11.6. The zero-order valence-corrected chi connectivity index (χ0v) is 11.6. The molecule has 0 fully saturated rings. The summed E-state index contributed by atoms with van der Waals surface area (Å²) in [5.41, 5.74) is 5.00. The largest absolute Gasteiger partial charge is 0.465 e. The SMILES string of the molecule is CCCC(C)OCCCC(C)(N)C(=O)OCC. The predicted octanol–water partition coefficient (Wildman–Crippen LogP) is 2.25. The van der Waals surface area contributed by atoms with Crippen molar-refractivity contribution in [1.29, 1.82) is 0 Å². The van der Waals surface area contributed by atoms with E-state index in [0.29, 0.717) is 19.6 Å². The van der Waals surface area contributed by atoms with Crippen LogP contribution in [0.2, 0.25) is 0 Å². The fourth-order valence-electron chi connectivity index (χ4n) is 1.61. The Bertz CT molecular complexity index is 217. The number of ether oxygens (including phenoxy) is 2. The van der Waals surface area contributed by atoms with Gasteiger partial charge in [0.05, 0.1) is 12.7 Å². The summed E-state index contributed by atoms with van der Waals surface area (Å²) in [5.74, 6) is -0.332. The summed E-state index contributed by atoms with van der Waals surface area (Å²) in [6.45, 7) is 8.71. The minimum Gasteiger partial charge on any atom is -0.465 e. The molecule has 0 aromatic heterocycles. The molecule has 0 aromatic rings. The highest BCUT2D eigenvalue weighted by Crippen LogP contribution is 2.12. The van der Waals surface area contributed by atoms with Gasteiger partial charge in [0.25, 0.3) is 0 Å².